The first-order valence-electron chi connectivity index (χ1n) is 4.86. The van der Waals surface area contributed by atoms with Gasteiger partial charge in [0, 0.05) is 17.8 Å². The van der Waals surface area contributed by atoms with Gasteiger partial charge in [-0.15, -0.1) is 0 Å². The Bertz CT molecular complexity index is 710. The summed E-state index contributed by atoms with van der Waals surface area (Å²) in [5.41, 5.74) is 3.23. The summed E-state index contributed by atoms with van der Waals surface area (Å²) in [5.74, 6) is 0. The molecule has 0 bridgehead atoms. The molecule has 0 spiro atoms. The minimum Gasteiger partial charge on any atom is -0.305 e. The van der Waals surface area contributed by atoms with Crippen LogP contribution in [0.5, 0.6) is 0 Å². The van der Waals surface area contributed by atoms with Crippen LogP contribution in [0.15, 0.2) is 43.0 Å². The van der Waals surface area contributed by atoms with E-state index in [4.69, 9.17) is 0 Å². The van der Waals surface area contributed by atoms with Gasteiger partial charge in [-0.25, -0.2) is 4.98 Å². The van der Waals surface area contributed by atoms with Crippen molar-refractivity contribution in [3.8, 4) is 0 Å². The minimum atomic E-state index is 1.03. The fraction of sp³-hybridized carbons (Fsp3) is 0. The predicted molar refractivity (Wildman–Crippen MR) is 59.2 cm³/mol. The van der Waals surface area contributed by atoms with Crippen molar-refractivity contribution in [2.75, 3.05) is 0 Å². The molecular formula is C12H7N3. The number of imidazole rings is 1. The van der Waals surface area contributed by atoms with E-state index in [1.165, 1.54) is 10.8 Å². The third-order valence-corrected chi connectivity index (χ3v) is 2.89. The molecule has 4 aromatic rings. The summed E-state index contributed by atoms with van der Waals surface area (Å²) in [7, 11) is 0. The Labute approximate surface area is 85.3 Å². The molecule has 0 fully saturated rings. The Balaban J connectivity index is 2.54. The zero-order valence-corrected chi connectivity index (χ0v) is 7.88. The molecule has 0 amide bonds. The van der Waals surface area contributed by atoms with Crippen molar-refractivity contribution >= 4 is 27.3 Å². The number of pyridine rings is 2. The molecule has 3 heteroatoms. The van der Waals surface area contributed by atoms with Crippen molar-refractivity contribution in [1.29, 1.82) is 0 Å². The van der Waals surface area contributed by atoms with Crippen molar-refractivity contribution < 1.29 is 0 Å². The number of nitrogens with zero attached hydrogens (tertiary/aromatic N) is 3. The molecule has 15 heavy (non-hydrogen) atoms. The molecule has 0 N–H and O–H groups in total. The second-order valence-corrected chi connectivity index (χ2v) is 3.70. The minimum absolute atomic E-state index is 1.03. The van der Waals surface area contributed by atoms with Crippen LogP contribution >= 0.6 is 0 Å². The van der Waals surface area contributed by atoms with E-state index >= 15 is 0 Å². The highest BCUT2D eigenvalue weighted by Gasteiger charge is 2.08. The summed E-state index contributed by atoms with van der Waals surface area (Å²) in [4.78, 5) is 8.73. The Morgan fingerprint density at radius 1 is 0.933 bits per heavy atom. The number of hydrogen-bond donors (Lipinski definition) is 0. The summed E-state index contributed by atoms with van der Waals surface area (Å²) in [6.45, 7) is 0. The van der Waals surface area contributed by atoms with Gasteiger partial charge in [-0.1, -0.05) is 6.07 Å². The quantitative estimate of drug-likeness (QED) is 0.429. The third-order valence-electron chi connectivity index (χ3n) is 2.89. The van der Waals surface area contributed by atoms with Crippen molar-refractivity contribution in [3.63, 3.8) is 0 Å². The fourth-order valence-electron chi connectivity index (χ4n) is 2.20. The molecule has 0 saturated heterocycles. The molecule has 3 aromatic heterocycles. The van der Waals surface area contributed by atoms with Gasteiger partial charge < -0.3 is 4.40 Å². The highest BCUT2D eigenvalue weighted by atomic mass is 15.0. The molecule has 1 aromatic carbocycles. The van der Waals surface area contributed by atoms with E-state index in [-0.39, 0.29) is 0 Å². The number of hydrogen-bond acceptors (Lipinski definition) is 2. The number of aromatic nitrogens is 3. The maximum absolute atomic E-state index is 4.37. The molecule has 0 aliphatic heterocycles. The van der Waals surface area contributed by atoms with Crippen LogP contribution in [0.3, 0.4) is 0 Å². The molecule has 0 atom stereocenters. The highest BCUT2D eigenvalue weighted by Crippen LogP contribution is 2.28. The SMILES string of the molecule is c1cc2ccc3ncn4ccc(n1)c2c34. The van der Waals surface area contributed by atoms with E-state index in [0.29, 0.717) is 0 Å². The summed E-state index contributed by atoms with van der Waals surface area (Å²) in [6.07, 6.45) is 5.69. The van der Waals surface area contributed by atoms with Gasteiger partial charge in [0.05, 0.1) is 22.9 Å². The largest absolute Gasteiger partial charge is 0.305 e. The average molecular weight is 193 g/mol. The van der Waals surface area contributed by atoms with Crippen molar-refractivity contribution in [2.24, 2.45) is 0 Å². The molecule has 4 rings (SSSR count). The van der Waals surface area contributed by atoms with Gasteiger partial charge in [-0.05, 0) is 23.6 Å². The van der Waals surface area contributed by atoms with Gasteiger partial charge in [0.1, 0.15) is 0 Å². The van der Waals surface area contributed by atoms with Gasteiger partial charge in [0.25, 0.3) is 0 Å². The van der Waals surface area contributed by atoms with E-state index in [9.17, 15) is 0 Å². The molecule has 3 nitrogen and oxygen atoms in total. The molecule has 0 unspecified atom stereocenters. The monoisotopic (exact) mass is 193 g/mol. The Morgan fingerprint density at radius 2 is 1.93 bits per heavy atom. The second-order valence-electron chi connectivity index (χ2n) is 3.70. The van der Waals surface area contributed by atoms with Gasteiger partial charge >= 0.3 is 0 Å². The molecular weight excluding hydrogens is 186 g/mol. The van der Waals surface area contributed by atoms with E-state index in [2.05, 4.69) is 22.1 Å². The number of rotatable bonds is 0. The maximum atomic E-state index is 4.37. The Morgan fingerprint density at radius 3 is 2.93 bits per heavy atom. The standard InChI is InChI=1S/C12H7N3/c1-2-10-12-11-8(1)3-5-13-9(11)4-6-15(12)7-14-10/h1-7H. The average Bonchev–Trinajstić information content (AvgIpc) is 2.71. The first-order chi connectivity index (χ1) is 7.43. The van der Waals surface area contributed by atoms with Crippen LogP contribution in [0, 0.1) is 0 Å². The van der Waals surface area contributed by atoms with E-state index in [0.717, 1.165) is 16.6 Å². The first-order valence-corrected chi connectivity index (χ1v) is 4.86. The maximum Gasteiger partial charge on any atom is 0.0999 e. The lowest BCUT2D eigenvalue weighted by Crippen LogP contribution is -1.87. The van der Waals surface area contributed by atoms with Crippen molar-refractivity contribution in [1.82, 2.24) is 14.4 Å². The second kappa shape index (κ2) is 2.25. The van der Waals surface area contributed by atoms with Crippen LogP contribution in [-0.4, -0.2) is 14.4 Å². The predicted octanol–water partition coefficient (Wildman–Crippen LogP) is 2.47. The van der Waals surface area contributed by atoms with E-state index in [1.54, 1.807) is 0 Å². The lowest BCUT2D eigenvalue weighted by atomic mass is 10.1. The summed E-state index contributed by atoms with van der Waals surface area (Å²) < 4.78 is 2.05. The van der Waals surface area contributed by atoms with Crippen LogP contribution in [0.1, 0.15) is 0 Å². The fourth-order valence-corrected chi connectivity index (χ4v) is 2.20. The van der Waals surface area contributed by atoms with E-state index < -0.39 is 0 Å². The van der Waals surface area contributed by atoms with Crippen LogP contribution in [0.25, 0.3) is 27.3 Å². The van der Waals surface area contributed by atoms with Crippen molar-refractivity contribution in [3.05, 3.63) is 43.0 Å². The lowest BCUT2D eigenvalue weighted by molar-refractivity contribution is 1.16. The van der Waals surface area contributed by atoms with Gasteiger partial charge in [0.15, 0.2) is 0 Å². The highest BCUT2D eigenvalue weighted by molar-refractivity contribution is 6.12. The lowest BCUT2D eigenvalue weighted by Gasteiger charge is -2.04. The molecule has 0 aliphatic carbocycles. The van der Waals surface area contributed by atoms with Gasteiger partial charge in [0.2, 0.25) is 0 Å². The Hall–Kier alpha value is -2.16. The van der Waals surface area contributed by atoms with Gasteiger partial charge in [-0.3, -0.25) is 4.98 Å². The summed E-state index contributed by atoms with van der Waals surface area (Å²) >= 11 is 0. The topological polar surface area (TPSA) is 30.2 Å². The zero-order chi connectivity index (χ0) is 9.83. The smallest absolute Gasteiger partial charge is 0.0999 e. The van der Waals surface area contributed by atoms with Crippen LogP contribution in [0.4, 0.5) is 0 Å². The van der Waals surface area contributed by atoms with Crippen LogP contribution in [0.2, 0.25) is 0 Å². The van der Waals surface area contributed by atoms with Gasteiger partial charge in [-0.2, -0.15) is 0 Å². The summed E-state index contributed by atoms with van der Waals surface area (Å²) in [6, 6.07) is 8.21. The molecule has 0 saturated carbocycles. The zero-order valence-electron chi connectivity index (χ0n) is 7.88. The van der Waals surface area contributed by atoms with Crippen molar-refractivity contribution in [2.45, 2.75) is 0 Å². The van der Waals surface area contributed by atoms with E-state index in [1.807, 2.05) is 35.3 Å². The molecule has 0 radical (unpaired) electrons. The Kier molecular flexibility index (Phi) is 1.08. The number of benzene rings is 1. The first kappa shape index (κ1) is 7.17. The molecule has 0 aliphatic rings. The van der Waals surface area contributed by atoms with Crippen LogP contribution < -0.4 is 0 Å². The molecule has 3 heterocycles. The third kappa shape index (κ3) is 0.760. The summed E-state index contributed by atoms with van der Waals surface area (Å²) in [5, 5.41) is 2.42. The molecule has 70 valence electrons. The normalized spacial score (nSPS) is 12.0. The van der Waals surface area contributed by atoms with Crippen LogP contribution in [-0.2, 0) is 0 Å².